The number of carboxylic acids is 1. The summed E-state index contributed by atoms with van der Waals surface area (Å²) in [5.41, 5.74) is 1.66. The minimum atomic E-state index is -0.924. The molecule has 1 aliphatic rings. The number of hydrogen-bond donors (Lipinski definition) is 2. The van der Waals surface area contributed by atoms with E-state index in [9.17, 15) is 9.59 Å². The Morgan fingerprint density at radius 2 is 2.32 bits per heavy atom. The number of nitrogens with one attached hydrogen (secondary N) is 1. The van der Waals surface area contributed by atoms with E-state index in [0.717, 1.165) is 5.56 Å². The maximum absolute atomic E-state index is 11.8. The van der Waals surface area contributed by atoms with Crippen LogP contribution in [0.3, 0.4) is 0 Å². The molecule has 19 heavy (non-hydrogen) atoms. The molecule has 0 bridgehead atoms. The van der Waals surface area contributed by atoms with Gasteiger partial charge in [-0.2, -0.15) is 0 Å². The van der Waals surface area contributed by atoms with Crippen molar-refractivity contribution in [2.24, 2.45) is 0 Å². The van der Waals surface area contributed by atoms with Gasteiger partial charge in [-0.3, -0.25) is 9.59 Å². The number of aliphatic carboxylic acids is 1. The zero-order valence-electron chi connectivity index (χ0n) is 10.7. The van der Waals surface area contributed by atoms with Crippen LogP contribution in [-0.4, -0.2) is 37.2 Å². The largest absolute Gasteiger partial charge is 0.482 e. The normalized spacial score (nSPS) is 13.9. The van der Waals surface area contributed by atoms with Gasteiger partial charge in [0.1, 0.15) is 5.75 Å². The average Bonchev–Trinajstić information content (AvgIpc) is 2.37. The monoisotopic (exact) mass is 264 g/mol. The van der Waals surface area contributed by atoms with Crippen LogP contribution in [0.25, 0.3) is 0 Å². The fourth-order valence-electron chi connectivity index (χ4n) is 2.01. The summed E-state index contributed by atoms with van der Waals surface area (Å²) in [5.74, 6) is -0.521. The first-order valence-electron chi connectivity index (χ1n) is 6.04. The highest BCUT2D eigenvalue weighted by atomic mass is 16.5. The second-order valence-corrected chi connectivity index (χ2v) is 4.31. The average molecular weight is 264 g/mol. The highest BCUT2D eigenvalue weighted by Gasteiger charge is 2.25. The summed E-state index contributed by atoms with van der Waals surface area (Å²) in [6.07, 6.45) is -0.0819. The Balaban J connectivity index is 2.27. The molecule has 0 aliphatic carbocycles. The molecule has 0 saturated carbocycles. The van der Waals surface area contributed by atoms with E-state index in [1.807, 2.05) is 25.2 Å². The summed E-state index contributed by atoms with van der Waals surface area (Å²) in [4.78, 5) is 24.0. The van der Waals surface area contributed by atoms with Gasteiger partial charge in [0, 0.05) is 13.1 Å². The minimum Gasteiger partial charge on any atom is -0.482 e. The van der Waals surface area contributed by atoms with Gasteiger partial charge in [0.25, 0.3) is 5.91 Å². The van der Waals surface area contributed by atoms with Crippen LogP contribution in [0, 0.1) is 0 Å². The third-order valence-electron chi connectivity index (χ3n) is 2.90. The molecule has 2 N–H and O–H groups in total. The molecule has 6 nitrogen and oxygen atoms in total. The molecule has 0 saturated heterocycles. The number of fused-ring (bicyclic) bond motifs is 1. The van der Waals surface area contributed by atoms with E-state index >= 15 is 0 Å². The Morgan fingerprint density at radius 3 is 3.00 bits per heavy atom. The first kappa shape index (κ1) is 13.4. The predicted molar refractivity (Wildman–Crippen MR) is 69.3 cm³/mol. The third kappa shape index (κ3) is 3.03. The summed E-state index contributed by atoms with van der Waals surface area (Å²) in [6.45, 7) is 0.791. The van der Waals surface area contributed by atoms with Crippen LogP contribution in [0.5, 0.6) is 5.75 Å². The van der Waals surface area contributed by atoms with Crippen molar-refractivity contribution in [1.29, 1.82) is 0 Å². The number of carboxylic acid groups (broad SMARTS) is 1. The Kier molecular flexibility index (Phi) is 4.01. The summed E-state index contributed by atoms with van der Waals surface area (Å²) < 4.78 is 5.35. The number of hydrogen-bond acceptors (Lipinski definition) is 4. The zero-order chi connectivity index (χ0) is 13.8. The molecule has 0 aromatic heterocycles. The van der Waals surface area contributed by atoms with E-state index in [0.29, 0.717) is 18.0 Å². The van der Waals surface area contributed by atoms with Crippen molar-refractivity contribution in [2.45, 2.75) is 13.0 Å². The molecule has 6 heteroatoms. The molecule has 102 valence electrons. The molecule has 0 fully saturated rings. The number of carbonyl (C=O) groups excluding carboxylic acids is 1. The SMILES string of the molecule is CNCc1ccc2c(c1)N(CCC(=O)O)C(=O)CO2. The van der Waals surface area contributed by atoms with Crippen LogP contribution in [0.1, 0.15) is 12.0 Å². The van der Waals surface area contributed by atoms with Crippen molar-refractivity contribution in [3.8, 4) is 5.75 Å². The van der Waals surface area contributed by atoms with Gasteiger partial charge in [0.15, 0.2) is 6.61 Å². The van der Waals surface area contributed by atoms with Crippen LogP contribution in [0.15, 0.2) is 18.2 Å². The van der Waals surface area contributed by atoms with Gasteiger partial charge in [-0.25, -0.2) is 0 Å². The number of amides is 1. The van der Waals surface area contributed by atoms with E-state index in [-0.39, 0.29) is 25.5 Å². The van der Waals surface area contributed by atoms with Crippen LogP contribution < -0.4 is 15.0 Å². The summed E-state index contributed by atoms with van der Waals surface area (Å²) in [7, 11) is 1.84. The van der Waals surface area contributed by atoms with E-state index in [1.54, 1.807) is 0 Å². The maximum Gasteiger partial charge on any atom is 0.305 e. The van der Waals surface area contributed by atoms with Gasteiger partial charge >= 0.3 is 5.97 Å². The lowest BCUT2D eigenvalue weighted by Crippen LogP contribution is -2.40. The number of ether oxygens (including phenoxy) is 1. The highest BCUT2D eigenvalue weighted by molar-refractivity contribution is 5.98. The fourth-order valence-corrected chi connectivity index (χ4v) is 2.01. The first-order chi connectivity index (χ1) is 9.11. The van der Waals surface area contributed by atoms with Gasteiger partial charge in [-0.05, 0) is 24.7 Å². The van der Waals surface area contributed by atoms with Crippen molar-refractivity contribution in [3.05, 3.63) is 23.8 Å². The van der Waals surface area contributed by atoms with Gasteiger partial charge in [-0.1, -0.05) is 6.07 Å². The molecule has 0 radical (unpaired) electrons. The van der Waals surface area contributed by atoms with Gasteiger partial charge in [-0.15, -0.1) is 0 Å². The lowest BCUT2D eigenvalue weighted by atomic mass is 10.1. The van der Waals surface area contributed by atoms with E-state index < -0.39 is 5.97 Å². The molecule has 1 heterocycles. The van der Waals surface area contributed by atoms with Crippen molar-refractivity contribution < 1.29 is 19.4 Å². The minimum absolute atomic E-state index is 0.0437. The van der Waals surface area contributed by atoms with Gasteiger partial charge < -0.3 is 20.1 Å². The van der Waals surface area contributed by atoms with Crippen LogP contribution in [0.4, 0.5) is 5.69 Å². The van der Waals surface area contributed by atoms with Crippen LogP contribution >= 0.6 is 0 Å². The lowest BCUT2D eigenvalue weighted by molar-refractivity contribution is -0.136. The number of carbonyl (C=O) groups is 2. The van der Waals surface area contributed by atoms with Crippen LogP contribution in [0.2, 0.25) is 0 Å². The molecular weight excluding hydrogens is 248 g/mol. The number of nitrogens with zero attached hydrogens (tertiary/aromatic N) is 1. The quantitative estimate of drug-likeness (QED) is 0.814. The summed E-state index contributed by atoms with van der Waals surface area (Å²) in [6, 6.07) is 5.58. The van der Waals surface area contributed by atoms with Gasteiger partial charge in [0.05, 0.1) is 12.1 Å². The molecule has 0 unspecified atom stereocenters. The van der Waals surface area contributed by atoms with Crippen molar-refractivity contribution in [2.75, 3.05) is 25.1 Å². The molecule has 1 amide bonds. The van der Waals surface area contributed by atoms with Crippen molar-refractivity contribution in [3.63, 3.8) is 0 Å². The molecule has 0 spiro atoms. The van der Waals surface area contributed by atoms with Crippen molar-refractivity contribution in [1.82, 2.24) is 5.32 Å². The highest BCUT2D eigenvalue weighted by Crippen LogP contribution is 2.33. The fraction of sp³-hybridized carbons (Fsp3) is 0.385. The standard InChI is InChI=1S/C13H16N2O4/c1-14-7-9-2-3-11-10(6-9)15(5-4-13(17)18)12(16)8-19-11/h2-3,6,14H,4-5,7-8H2,1H3,(H,17,18). The first-order valence-corrected chi connectivity index (χ1v) is 6.04. The molecule has 1 aromatic carbocycles. The topological polar surface area (TPSA) is 78.9 Å². The third-order valence-corrected chi connectivity index (χ3v) is 2.90. The van der Waals surface area contributed by atoms with Crippen LogP contribution in [-0.2, 0) is 16.1 Å². The molecular formula is C13H16N2O4. The number of benzene rings is 1. The number of anilines is 1. The second-order valence-electron chi connectivity index (χ2n) is 4.31. The summed E-state index contributed by atoms with van der Waals surface area (Å²) >= 11 is 0. The molecule has 2 rings (SSSR count). The lowest BCUT2D eigenvalue weighted by Gasteiger charge is -2.29. The Morgan fingerprint density at radius 1 is 1.53 bits per heavy atom. The Bertz CT molecular complexity index is 501. The predicted octanol–water partition coefficient (Wildman–Crippen LogP) is 0.606. The Hall–Kier alpha value is -2.08. The smallest absolute Gasteiger partial charge is 0.305 e. The van der Waals surface area contributed by atoms with Gasteiger partial charge in [0.2, 0.25) is 0 Å². The zero-order valence-corrected chi connectivity index (χ0v) is 10.7. The van der Waals surface area contributed by atoms with E-state index in [4.69, 9.17) is 9.84 Å². The number of rotatable bonds is 5. The molecule has 1 aliphatic heterocycles. The second kappa shape index (κ2) is 5.71. The summed E-state index contributed by atoms with van der Waals surface area (Å²) in [5, 5.41) is 11.8. The molecule has 1 aromatic rings. The molecule has 0 atom stereocenters. The van der Waals surface area contributed by atoms with Crippen molar-refractivity contribution >= 4 is 17.6 Å². The Labute approximate surface area is 111 Å². The van der Waals surface area contributed by atoms with E-state index in [1.165, 1.54) is 4.90 Å². The van der Waals surface area contributed by atoms with E-state index in [2.05, 4.69) is 5.32 Å². The maximum atomic E-state index is 11.8.